The van der Waals surface area contributed by atoms with Gasteiger partial charge >= 0.3 is 0 Å². The lowest BCUT2D eigenvalue weighted by atomic mass is 10.1. The molecule has 1 aromatic carbocycles. The fraction of sp³-hybridized carbons (Fsp3) is 0.188. The summed E-state index contributed by atoms with van der Waals surface area (Å²) >= 11 is 1.66. The summed E-state index contributed by atoms with van der Waals surface area (Å²) in [5, 5.41) is 13.5. The van der Waals surface area contributed by atoms with E-state index in [4.69, 9.17) is 0 Å². The minimum atomic E-state index is 0.607. The van der Waals surface area contributed by atoms with Crippen molar-refractivity contribution in [2.75, 3.05) is 18.5 Å². The third kappa shape index (κ3) is 2.71. The van der Waals surface area contributed by atoms with E-state index in [0.29, 0.717) is 5.56 Å². The van der Waals surface area contributed by atoms with E-state index in [1.165, 1.54) is 0 Å². The van der Waals surface area contributed by atoms with Gasteiger partial charge < -0.3 is 4.90 Å². The number of para-hydroxylation sites is 1. The molecule has 0 unspecified atom stereocenters. The topological polar surface area (TPSA) is 52.8 Å². The molecule has 0 spiro atoms. The van der Waals surface area contributed by atoms with E-state index < -0.39 is 0 Å². The van der Waals surface area contributed by atoms with Crippen LogP contribution in [0.4, 0.5) is 5.69 Å². The number of nitriles is 1. The predicted molar refractivity (Wildman–Crippen MR) is 85.5 cm³/mol. The number of likely N-dealkylation sites (N-methyl/N-ethyl adjacent to an activating group) is 1. The predicted octanol–water partition coefficient (Wildman–Crippen LogP) is 3.24. The largest absolute Gasteiger partial charge is 0.373 e. The molecular weight excluding hydrogens is 280 g/mol. The molecule has 0 saturated carbocycles. The Bertz CT molecular complexity index is 790. The molecule has 0 saturated heterocycles. The Labute approximate surface area is 127 Å². The van der Waals surface area contributed by atoms with Gasteiger partial charge in [-0.15, -0.1) is 11.3 Å². The molecule has 2 heterocycles. The highest BCUT2D eigenvalue weighted by Gasteiger charge is 2.13. The fourth-order valence-corrected chi connectivity index (χ4v) is 2.98. The highest BCUT2D eigenvalue weighted by Crippen LogP contribution is 2.28. The number of anilines is 1. The van der Waals surface area contributed by atoms with Crippen LogP contribution in [-0.2, 0) is 6.42 Å². The first-order valence-corrected chi connectivity index (χ1v) is 7.55. The summed E-state index contributed by atoms with van der Waals surface area (Å²) in [7, 11) is 2.01. The van der Waals surface area contributed by atoms with Crippen molar-refractivity contribution in [1.29, 1.82) is 5.26 Å². The summed E-state index contributed by atoms with van der Waals surface area (Å²) in [5.41, 5.74) is 2.46. The number of fused-ring (bicyclic) bond motifs is 1. The Kier molecular flexibility index (Phi) is 3.80. The van der Waals surface area contributed by atoms with Gasteiger partial charge in [0.15, 0.2) is 0 Å². The normalized spacial score (nSPS) is 10.5. The van der Waals surface area contributed by atoms with Gasteiger partial charge in [-0.25, -0.2) is 4.98 Å². The molecule has 3 aromatic rings. The zero-order valence-corrected chi connectivity index (χ0v) is 12.5. The Hall–Kier alpha value is -2.45. The second-order valence-electron chi connectivity index (χ2n) is 4.75. The molecule has 0 aliphatic heterocycles. The monoisotopic (exact) mass is 294 g/mol. The van der Waals surface area contributed by atoms with Gasteiger partial charge in [0.1, 0.15) is 6.07 Å². The summed E-state index contributed by atoms with van der Waals surface area (Å²) in [4.78, 5) is 10.8. The van der Waals surface area contributed by atoms with E-state index in [1.807, 2.05) is 42.9 Å². The van der Waals surface area contributed by atoms with Crippen LogP contribution < -0.4 is 4.90 Å². The molecule has 4 nitrogen and oxygen atoms in total. The first kappa shape index (κ1) is 13.5. The molecule has 2 aromatic heterocycles. The van der Waals surface area contributed by atoms with Crippen LogP contribution in [-0.4, -0.2) is 23.6 Å². The summed E-state index contributed by atoms with van der Waals surface area (Å²) in [6.07, 6.45) is 4.34. The number of hydrogen-bond donors (Lipinski definition) is 0. The minimum absolute atomic E-state index is 0.607. The lowest BCUT2D eigenvalue weighted by Gasteiger charge is -2.21. The van der Waals surface area contributed by atoms with Gasteiger partial charge in [-0.2, -0.15) is 5.26 Å². The molecule has 5 heteroatoms. The van der Waals surface area contributed by atoms with E-state index >= 15 is 0 Å². The van der Waals surface area contributed by atoms with Gasteiger partial charge in [0.05, 0.1) is 21.8 Å². The van der Waals surface area contributed by atoms with Crippen molar-refractivity contribution in [3.05, 3.63) is 52.6 Å². The van der Waals surface area contributed by atoms with Crippen LogP contribution in [0.1, 0.15) is 10.6 Å². The standard InChI is InChI=1S/C16H14N4S/c1-20(8-6-15-18-7-9-21-15)16-12(10-17)11-19-14-5-3-2-4-13(14)16/h2-5,7,9,11H,6,8H2,1H3. The Morgan fingerprint density at radius 1 is 1.29 bits per heavy atom. The van der Waals surface area contributed by atoms with Crippen LogP contribution in [0.5, 0.6) is 0 Å². The molecule has 0 atom stereocenters. The molecular formula is C16H14N4S. The highest BCUT2D eigenvalue weighted by molar-refractivity contribution is 7.09. The van der Waals surface area contributed by atoms with E-state index in [-0.39, 0.29) is 0 Å². The van der Waals surface area contributed by atoms with Crippen LogP contribution in [0.25, 0.3) is 10.9 Å². The van der Waals surface area contributed by atoms with Crippen LogP contribution in [0, 0.1) is 11.3 Å². The maximum absolute atomic E-state index is 9.35. The van der Waals surface area contributed by atoms with Crippen molar-refractivity contribution in [2.24, 2.45) is 0 Å². The van der Waals surface area contributed by atoms with Crippen molar-refractivity contribution >= 4 is 27.9 Å². The van der Waals surface area contributed by atoms with Crippen molar-refractivity contribution in [1.82, 2.24) is 9.97 Å². The van der Waals surface area contributed by atoms with Gasteiger partial charge in [0, 0.05) is 43.2 Å². The number of aromatic nitrogens is 2. The number of nitrogens with zero attached hydrogens (tertiary/aromatic N) is 4. The van der Waals surface area contributed by atoms with Crippen molar-refractivity contribution in [3.8, 4) is 6.07 Å². The van der Waals surface area contributed by atoms with Crippen LogP contribution >= 0.6 is 11.3 Å². The second-order valence-corrected chi connectivity index (χ2v) is 5.73. The summed E-state index contributed by atoms with van der Waals surface area (Å²) in [6.45, 7) is 0.816. The maximum Gasteiger partial charge on any atom is 0.103 e. The van der Waals surface area contributed by atoms with Gasteiger partial charge in [0.25, 0.3) is 0 Å². The van der Waals surface area contributed by atoms with Crippen LogP contribution in [0.2, 0.25) is 0 Å². The second kappa shape index (κ2) is 5.90. The Morgan fingerprint density at radius 2 is 2.14 bits per heavy atom. The first-order chi connectivity index (χ1) is 10.3. The van der Waals surface area contributed by atoms with Crippen molar-refractivity contribution in [2.45, 2.75) is 6.42 Å². The molecule has 0 amide bonds. The van der Waals surface area contributed by atoms with Crippen LogP contribution in [0.3, 0.4) is 0 Å². The minimum Gasteiger partial charge on any atom is -0.373 e. The summed E-state index contributed by atoms with van der Waals surface area (Å²) in [5.74, 6) is 0. The fourth-order valence-electron chi connectivity index (χ4n) is 2.37. The van der Waals surface area contributed by atoms with E-state index in [0.717, 1.165) is 34.6 Å². The lowest BCUT2D eigenvalue weighted by Crippen LogP contribution is -2.21. The molecule has 104 valence electrons. The third-order valence-corrected chi connectivity index (χ3v) is 4.23. The average Bonchev–Trinajstić information content (AvgIpc) is 3.04. The zero-order valence-electron chi connectivity index (χ0n) is 11.7. The van der Waals surface area contributed by atoms with E-state index in [1.54, 1.807) is 17.5 Å². The van der Waals surface area contributed by atoms with Crippen LogP contribution in [0.15, 0.2) is 42.0 Å². The number of rotatable bonds is 4. The number of hydrogen-bond acceptors (Lipinski definition) is 5. The molecule has 3 rings (SSSR count). The molecule has 0 fully saturated rings. The van der Waals surface area contributed by atoms with Gasteiger partial charge in [-0.1, -0.05) is 18.2 Å². The Morgan fingerprint density at radius 3 is 2.90 bits per heavy atom. The van der Waals surface area contributed by atoms with Crippen molar-refractivity contribution < 1.29 is 0 Å². The highest BCUT2D eigenvalue weighted by atomic mass is 32.1. The Balaban J connectivity index is 1.96. The summed E-state index contributed by atoms with van der Waals surface area (Å²) in [6, 6.07) is 10.2. The molecule has 0 radical (unpaired) electrons. The van der Waals surface area contributed by atoms with Gasteiger partial charge in [-0.05, 0) is 6.07 Å². The molecule has 0 aliphatic carbocycles. The first-order valence-electron chi connectivity index (χ1n) is 6.67. The van der Waals surface area contributed by atoms with E-state index in [2.05, 4.69) is 20.9 Å². The quantitative estimate of drug-likeness (QED) is 0.741. The molecule has 0 aliphatic rings. The van der Waals surface area contributed by atoms with Crippen molar-refractivity contribution in [3.63, 3.8) is 0 Å². The van der Waals surface area contributed by atoms with E-state index in [9.17, 15) is 5.26 Å². The molecule has 21 heavy (non-hydrogen) atoms. The number of thiazole rings is 1. The lowest BCUT2D eigenvalue weighted by molar-refractivity contribution is 0.870. The van der Waals surface area contributed by atoms with Gasteiger partial charge in [-0.3, -0.25) is 4.98 Å². The number of pyridine rings is 1. The zero-order chi connectivity index (χ0) is 14.7. The molecule has 0 N–H and O–H groups in total. The smallest absolute Gasteiger partial charge is 0.103 e. The average molecular weight is 294 g/mol. The summed E-state index contributed by atoms with van der Waals surface area (Å²) < 4.78 is 0. The third-order valence-electron chi connectivity index (χ3n) is 3.39. The molecule has 0 bridgehead atoms. The van der Waals surface area contributed by atoms with Gasteiger partial charge in [0.2, 0.25) is 0 Å². The SMILES string of the molecule is CN(CCc1nccs1)c1c(C#N)cnc2ccccc12. The number of benzene rings is 1. The maximum atomic E-state index is 9.35.